The molecule has 0 bridgehead atoms. The van der Waals surface area contributed by atoms with Crippen molar-refractivity contribution in [1.82, 2.24) is 4.98 Å². The summed E-state index contributed by atoms with van der Waals surface area (Å²) in [6.07, 6.45) is 9.12. The standard InChI is InChI=1S/C15H22N4/c1-2-3-11-4-6-14(7-5-11)19-15-12(9-16)8-13(17)10-18-15/h8,10-11,14H,2-7,17H2,1H3,(H,18,19). The predicted molar refractivity (Wildman–Crippen MR) is 77.6 cm³/mol. The van der Waals surface area contributed by atoms with Crippen molar-refractivity contribution in [3.8, 4) is 6.07 Å². The van der Waals surface area contributed by atoms with Gasteiger partial charge in [-0.15, -0.1) is 0 Å². The summed E-state index contributed by atoms with van der Waals surface area (Å²) in [5, 5.41) is 12.5. The van der Waals surface area contributed by atoms with E-state index in [2.05, 4.69) is 23.3 Å². The zero-order valence-electron chi connectivity index (χ0n) is 11.5. The molecule has 0 atom stereocenters. The van der Waals surface area contributed by atoms with Crippen LogP contribution in [-0.4, -0.2) is 11.0 Å². The lowest BCUT2D eigenvalue weighted by Gasteiger charge is -2.29. The van der Waals surface area contributed by atoms with Crippen molar-refractivity contribution >= 4 is 11.5 Å². The first-order valence-corrected chi connectivity index (χ1v) is 7.15. The second kappa shape index (κ2) is 6.42. The van der Waals surface area contributed by atoms with Crippen molar-refractivity contribution in [2.75, 3.05) is 11.1 Å². The molecule has 1 fully saturated rings. The van der Waals surface area contributed by atoms with E-state index in [0.29, 0.717) is 23.1 Å². The molecule has 1 aromatic heterocycles. The average molecular weight is 258 g/mol. The molecule has 19 heavy (non-hydrogen) atoms. The summed E-state index contributed by atoms with van der Waals surface area (Å²) < 4.78 is 0. The van der Waals surface area contributed by atoms with Gasteiger partial charge in [-0.25, -0.2) is 4.98 Å². The summed E-state index contributed by atoms with van der Waals surface area (Å²) in [5.74, 6) is 1.56. The van der Waals surface area contributed by atoms with Gasteiger partial charge in [-0.05, 0) is 37.7 Å². The highest BCUT2D eigenvalue weighted by atomic mass is 15.0. The number of nitrogens with one attached hydrogen (secondary N) is 1. The van der Waals surface area contributed by atoms with E-state index in [1.165, 1.54) is 38.5 Å². The first-order valence-electron chi connectivity index (χ1n) is 7.15. The predicted octanol–water partition coefficient (Wildman–Crippen LogP) is 3.31. The number of hydrogen-bond acceptors (Lipinski definition) is 4. The number of nitrogens with two attached hydrogens (primary N) is 1. The van der Waals surface area contributed by atoms with Gasteiger partial charge in [0.25, 0.3) is 0 Å². The summed E-state index contributed by atoms with van der Waals surface area (Å²) in [6, 6.07) is 4.27. The number of aromatic nitrogens is 1. The van der Waals surface area contributed by atoms with Crippen LogP contribution in [0.3, 0.4) is 0 Å². The number of nitriles is 1. The zero-order chi connectivity index (χ0) is 13.7. The minimum absolute atomic E-state index is 0.441. The van der Waals surface area contributed by atoms with Crippen LogP contribution in [-0.2, 0) is 0 Å². The van der Waals surface area contributed by atoms with Crippen molar-refractivity contribution in [3.63, 3.8) is 0 Å². The van der Waals surface area contributed by atoms with Crippen LogP contribution >= 0.6 is 0 Å². The summed E-state index contributed by atoms with van der Waals surface area (Å²) in [4.78, 5) is 4.24. The fourth-order valence-corrected chi connectivity index (χ4v) is 2.88. The molecule has 1 aromatic rings. The van der Waals surface area contributed by atoms with Crippen LogP contribution < -0.4 is 11.1 Å². The topological polar surface area (TPSA) is 74.7 Å². The van der Waals surface area contributed by atoms with E-state index >= 15 is 0 Å². The van der Waals surface area contributed by atoms with Gasteiger partial charge in [0.2, 0.25) is 0 Å². The van der Waals surface area contributed by atoms with Crippen LogP contribution in [0.2, 0.25) is 0 Å². The normalized spacial score (nSPS) is 22.7. The summed E-state index contributed by atoms with van der Waals surface area (Å²) in [6.45, 7) is 2.25. The molecule has 0 aromatic carbocycles. The van der Waals surface area contributed by atoms with Gasteiger partial charge < -0.3 is 11.1 Å². The van der Waals surface area contributed by atoms with Gasteiger partial charge in [0.15, 0.2) is 0 Å². The maximum atomic E-state index is 9.10. The van der Waals surface area contributed by atoms with Crippen molar-refractivity contribution < 1.29 is 0 Å². The third kappa shape index (κ3) is 3.60. The average Bonchev–Trinajstić information content (AvgIpc) is 2.43. The molecule has 4 nitrogen and oxygen atoms in total. The van der Waals surface area contributed by atoms with Crippen LogP contribution in [0, 0.1) is 17.2 Å². The monoisotopic (exact) mass is 258 g/mol. The molecule has 0 unspecified atom stereocenters. The molecule has 4 heteroatoms. The number of nitrogen functional groups attached to an aromatic ring is 1. The van der Waals surface area contributed by atoms with Gasteiger partial charge in [0.1, 0.15) is 11.9 Å². The van der Waals surface area contributed by atoms with E-state index < -0.39 is 0 Å². The minimum Gasteiger partial charge on any atom is -0.397 e. The van der Waals surface area contributed by atoms with Crippen LogP contribution in [0.15, 0.2) is 12.3 Å². The van der Waals surface area contributed by atoms with Gasteiger partial charge in [0.05, 0.1) is 17.4 Å². The Kier molecular flexibility index (Phi) is 4.62. The second-order valence-corrected chi connectivity index (χ2v) is 5.43. The quantitative estimate of drug-likeness (QED) is 0.868. The molecule has 0 aliphatic heterocycles. The molecule has 2 rings (SSSR count). The Morgan fingerprint density at radius 1 is 1.42 bits per heavy atom. The van der Waals surface area contributed by atoms with Crippen LogP contribution in [0.1, 0.15) is 51.0 Å². The molecule has 1 heterocycles. The molecule has 1 aliphatic carbocycles. The Balaban J connectivity index is 1.94. The SMILES string of the molecule is CCCC1CCC(Nc2ncc(N)cc2C#N)CC1. The Morgan fingerprint density at radius 2 is 2.16 bits per heavy atom. The van der Waals surface area contributed by atoms with Gasteiger partial charge in [0, 0.05) is 6.04 Å². The van der Waals surface area contributed by atoms with E-state index in [9.17, 15) is 0 Å². The van der Waals surface area contributed by atoms with Gasteiger partial charge in [-0.2, -0.15) is 5.26 Å². The molecule has 3 N–H and O–H groups in total. The van der Waals surface area contributed by atoms with E-state index in [4.69, 9.17) is 11.0 Å². The molecule has 0 radical (unpaired) electrons. The van der Waals surface area contributed by atoms with Crippen molar-refractivity contribution in [3.05, 3.63) is 17.8 Å². The Labute approximate surface area is 115 Å². The fourth-order valence-electron chi connectivity index (χ4n) is 2.88. The lowest BCUT2D eigenvalue weighted by molar-refractivity contribution is 0.318. The van der Waals surface area contributed by atoms with Crippen LogP contribution in [0.25, 0.3) is 0 Å². The Hall–Kier alpha value is -1.76. The van der Waals surface area contributed by atoms with Crippen LogP contribution in [0.4, 0.5) is 11.5 Å². The second-order valence-electron chi connectivity index (χ2n) is 5.43. The first kappa shape index (κ1) is 13.7. The van der Waals surface area contributed by atoms with Gasteiger partial charge in [-0.1, -0.05) is 19.8 Å². The Morgan fingerprint density at radius 3 is 2.79 bits per heavy atom. The highest BCUT2D eigenvalue weighted by Crippen LogP contribution is 2.29. The lowest BCUT2D eigenvalue weighted by atomic mass is 9.83. The van der Waals surface area contributed by atoms with Crippen LogP contribution in [0.5, 0.6) is 0 Å². The highest BCUT2D eigenvalue weighted by molar-refractivity contribution is 5.57. The minimum atomic E-state index is 0.441. The maximum Gasteiger partial charge on any atom is 0.144 e. The van der Waals surface area contributed by atoms with Crippen molar-refractivity contribution in [1.29, 1.82) is 5.26 Å². The zero-order valence-corrected chi connectivity index (χ0v) is 11.5. The smallest absolute Gasteiger partial charge is 0.144 e. The third-order valence-electron chi connectivity index (χ3n) is 3.91. The molecule has 0 spiro atoms. The van der Waals surface area contributed by atoms with E-state index in [1.54, 1.807) is 12.3 Å². The van der Waals surface area contributed by atoms with Crippen molar-refractivity contribution in [2.45, 2.75) is 51.5 Å². The summed E-state index contributed by atoms with van der Waals surface area (Å²) in [7, 11) is 0. The number of rotatable bonds is 4. The Bertz CT molecular complexity index is 456. The van der Waals surface area contributed by atoms with E-state index in [0.717, 1.165) is 5.92 Å². The molecule has 1 aliphatic rings. The van der Waals surface area contributed by atoms with E-state index in [1.807, 2.05) is 0 Å². The molecule has 0 amide bonds. The summed E-state index contributed by atoms with van der Waals surface area (Å²) in [5.41, 5.74) is 6.72. The largest absolute Gasteiger partial charge is 0.397 e. The highest BCUT2D eigenvalue weighted by Gasteiger charge is 2.21. The molecular weight excluding hydrogens is 236 g/mol. The van der Waals surface area contributed by atoms with E-state index in [-0.39, 0.29) is 0 Å². The summed E-state index contributed by atoms with van der Waals surface area (Å²) >= 11 is 0. The third-order valence-corrected chi connectivity index (χ3v) is 3.91. The number of pyridine rings is 1. The fraction of sp³-hybridized carbons (Fsp3) is 0.600. The maximum absolute atomic E-state index is 9.10. The van der Waals surface area contributed by atoms with Crippen molar-refractivity contribution in [2.24, 2.45) is 5.92 Å². The molecule has 1 saturated carbocycles. The first-order chi connectivity index (χ1) is 9.22. The number of anilines is 2. The lowest BCUT2D eigenvalue weighted by Crippen LogP contribution is -2.26. The number of hydrogen-bond donors (Lipinski definition) is 2. The van der Waals surface area contributed by atoms with Gasteiger partial charge >= 0.3 is 0 Å². The molecule has 102 valence electrons. The number of nitrogens with zero attached hydrogens (tertiary/aromatic N) is 2. The molecular formula is C15H22N4. The van der Waals surface area contributed by atoms with Gasteiger partial charge in [-0.3, -0.25) is 0 Å². The molecule has 0 saturated heterocycles.